The van der Waals surface area contributed by atoms with Gasteiger partial charge in [-0.3, -0.25) is 19.6 Å². The molecule has 10 rings (SSSR count). The number of rotatable bonds is 13. The second-order valence-electron chi connectivity index (χ2n) is 26.8. The van der Waals surface area contributed by atoms with Crippen molar-refractivity contribution >= 4 is 23.9 Å². The van der Waals surface area contributed by atoms with Gasteiger partial charge in [-0.15, -0.1) is 0 Å². The Bertz CT molecular complexity index is 2320. The summed E-state index contributed by atoms with van der Waals surface area (Å²) in [6.07, 6.45) is 13.4. The summed E-state index contributed by atoms with van der Waals surface area (Å²) in [4.78, 5) is 60.9. The van der Waals surface area contributed by atoms with E-state index in [4.69, 9.17) is 18.9 Å². The van der Waals surface area contributed by atoms with E-state index in [9.17, 15) is 39.6 Å². The largest absolute Gasteiger partial charge is 0.469 e. The number of aromatic nitrogens is 2. The lowest BCUT2D eigenvalue weighted by Gasteiger charge is -2.63. The Labute approximate surface area is 450 Å². The van der Waals surface area contributed by atoms with Crippen molar-refractivity contribution in [2.75, 3.05) is 14.2 Å². The quantitative estimate of drug-likeness (QED) is 0.109. The van der Waals surface area contributed by atoms with Crippen LogP contribution in [-0.4, -0.2) is 105 Å². The van der Waals surface area contributed by atoms with Crippen LogP contribution in [0.1, 0.15) is 178 Å². The van der Waals surface area contributed by atoms with Gasteiger partial charge in [0.15, 0.2) is 0 Å². The van der Waals surface area contributed by atoms with Crippen molar-refractivity contribution in [3.8, 4) is 11.4 Å². The van der Waals surface area contributed by atoms with Crippen molar-refractivity contribution in [2.24, 2.45) is 92.7 Å². The number of carbonyl (C=O) groups is 4. The molecule has 8 saturated carbocycles. The van der Waals surface area contributed by atoms with E-state index in [1.807, 2.05) is 0 Å². The number of ether oxygens (including phenoxy) is 4. The molecule has 0 unspecified atom stereocenters. The summed E-state index contributed by atoms with van der Waals surface area (Å²) < 4.78 is 22.3. The van der Waals surface area contributed by atoms with Gasteiger partial charge >= 0.3 is 23.9 Å². The molecular formula is C62H88N2O12. The fraction of sp³-hybridized carbons (Fsp3) is 0.774. The highest BCUT2D eigenvalue weighted by Crippen LogP contribution is 2.70. The minimum absolute atomic E-state index is 0.0916. The van der Waals surface area contributed by atoms with Gasteiger partial charge in [0.2, 0.25) is 0 Å². The van der Waals surface area contributed by atoms with Gasteiger partial charge < -0.3 is 39.4 Å². The average molecular weight is 1050 g/mol. The third kappa shape index (κ3) is 9.44. The fourth-order valence-electron chi connectivity index (χ4n) is 19.6. The van der Waals surface area contributed by atoms with Gasteiger partial charge in [0.1, 0.15) is 12.2 Å². The Balaban J connectivity index is 0.744. The van der Waals surface area contributed by atoms with Gasteiger partial charge in [0, 0.05) is 25.2 Å². The topological polar surface area (TPSA) is 212 Å². The third-order valence-corrected chi connectivity index (χ3v) is 23.9. The number of aliphatic hydroxyl groups excluding tert-OH is 4. The first kappa shape index (κ1) is 55.3. The van der Waals surface area contributed by atoms with E-state index in [2.05, 4.69) is 51.5 Å². The van der Waals surface area contributed by atoms with Gasteiger partial charge in [-0.25, -0.2) is 9.59 Å². The number of aliphatic hydroxyl groups is 4. The number of carbonyl (C=O) groups excluding carboxylic acids is 4. The Kier molecular flexibility index (Phi) is 15.5. The normalized spacial score (nSPS) is 43.1. The molecule has 8 aliphatic rings. The van der Waals surface area contributed by atoms with Gasteiger partial charge in [-0.05, 0) is 220 Å². The van der Waals surface area contributed by atoms with E-state index >= 15 is 0 Å². The molecular weight excluding hydrogens is 965 g/mol. The van der Waals surface area contributed by atoms with Crippen molar-refractivity contribution < 1.29 is 58.6 Å². The van der Waals surface area contributed by atoms with Crippen LogP contribution in [0.5, 0.6) is 0 Å². The second-order valence-corrected chi connectivity index (χ2v) is 26.8. The SMILES string of the molecule is COC(=O)CC[C@@H](C)[C@H]1CC[C@H]2[C@@H]3[C@H](O)C[C@@H]4C[C@H](OC(=O)c5ccnc(-c6cc(C(=O)O[C@@H]7CC[C@@]8(C)[C@@H](C7)C[C@@H](O)[C@@H]7[C@@H]8C[C@H](O)[C@]8(C)[C@@H]([C@H](C)CCC(=O)OC)CC[C@@H]78)ccn6)c5)CC[C@]4(C)[C@H]3C[C@H](O)[C@]12C. The summed E-state index contributed by atoms with van der Waals surface area (Å²) in [6.45, 7) is 13.6. The van der Waals surface area contributed by atoms with E-state index in [0.29, 0.717) is 86.7 Å². The van der Waals surface area contributed by atoms with Crippen molar-refractivity contribution in [1.82, 2.24) is 9.97 Å². The molecule has 0 amide bonds. The molecule has 76 heavy (non-hydrogen) atoms. The Morgan fingerprint density at radius 1 is 0.566 bits per heavy atom. The number of pyridine rings is 2. The zero-order valence-corrected chi connectivity index (χ0v) is 46.5. The van der Waals surface area contributed by atoms with Crippen LogP contribution in [0.4, 0.5) is 0 Å². The maximum absolute atomic E-state index is 13.9. The molecule has 2 aromatic heterocycles. The van der Waals surface area contributed by atoms with Crippen molar-refractivity contribution in [2.45, 2.75) is 194 Å². The summed E-state index contributed by atoms with van der Waals surface area (Å²) in [5.41, 5.74) is 0.632. The van der Waals surface area contributed by atoms with Gasteiger partial charge in [0.05, 0.1) is 61.2 Å². The second kappa shape index (κ2) is 21.2. The number of methoxy groups -OCH3 is 2. The highest BCUT2D eigenvalue weighted by atomic mass is 16.5. The molecule has 0 aromatic carbocycles. The van der Waals surface area contributed by atoms with Gasteiger partial charge in [0.25, 0.3) is 0 Å². The van der Waals surface area contributed by atoms with E-state index in [1.54, 1.807) is 36.7 Å². The number of esters is 4. The molecule has 4 N–H and O–H groups in total. The van der Waals surface area contributed by atoms with E-state index in [-0.39, 0.29) is 117 Å². The number of hydrogen-bond acceptors (Lipinski definition) is 14. The molecule has 8 aliphatic carbocycles. The summed E-state index contributed by atoms with van der Waals surface area (Å²) in [5, 5.41) is 48.2. The highest BCUT2D eigenvalue weighted by molar-refractivity contribution is 5.92. The Morgan fingerprint density at radius 2 is 0.961 bits per heavy atom. The summed E-state index contributed by atoms with van der Waals surface area (Å²) >= 11 is 0. The number of hydrogen-bond donors (Lipinski definition) is 4. The molecule has 8 fully saturated rings. The van der Waals surface area contributed by atoms with Crippen LogP contribution in [0.15, 0.2) is 36.7 Å². The van der Waals surface area contributed by atoms with E-state index < -0.39 is 36.4 Å². The third-order valence-electron chi connectivity index (χ3n) is 23.9. The first-order valence-electron chi connectivity index (χ1n) is 29.4. The molecule has 0 saturated heterocycles. The van der Waals surface area contributed by atoms with E-state index in [1.165, 1.54) is 14.2 Å². The zero-order chi connectivity index (χ0) is 54.2. The minimum atomic E-state index is -0.507. The monoisotopic (exact) mass is 1050 g/mol. The molecule has 0 spiro atoms. The first-order chi connectivity index (χ1) is 36.1. The average Bonchev–Trinajstić information content (AvgIpc) is 4.16. The summed E-state index contributed by atoms with van der Waals surface area (Å²) in [5.74, 6) is 0.857. The zero-order valence-electron chi connectivity index (χ0n) is 46.5. The molecule has 2 heterocycles. The first-order valence-corrected chi connectivity index (χ1v) is 29.4. The van der Waals surface area contributed by atoms with Gasteiger partial charge in [-0.2, -0.15) is 0 Å². The van der Waals surface area contributed by atoms with Crippen LogP contribution in [0.25, 0.3) is 11.4 Å². The fourth-order valence-corrected chi connectivity index (χ4v) is 19.6. The number of nitrogens with zero attached hydrogens (tertiary/aromatic N) is 2. The van der Waals surface area contributed by atoms with Crippen LogP contribution in [0, 0.1) is 92.7 Å². The minimum Gasteiger partial charge on any atom is -0.469 e. The molecule has 22 atom stereocenters. The van der Waals surface area contributed by atoms with Crippen molar-refractivity contribution in [1.29, 1.82) is 0 Å². The molecule has 0 aliphatic heterocycles. The van der Waals surface area contributed by atoms with Crippen molar-refractivity contribution in [3.05, 3.63) is 47.8 Å². The Morgan fingerprint density at radius 3 is 1.34 bits per heavy atom. The lowest BCUT2D eigenvalue weighted by Crippen LogP contribution is -2.62. The maximum atomic E-state index is 13.9. The molecule has 14 heteroatoms. The smallest absolute Gasteiger partial charge is 0.338 e. The van der Waals surface area contributed by atoms with Crippen molar-refractivity contribution in [3.63, 3.8) is 0 Å². The molecule has 0 bridgehead atoms. The summed E-state index contributed by atoms with van der Waals surface area (Å²) in [6, 6.07) is 6.57. The van der Waals surface area contributed by atoms with Crippen LogP contribution in [0.3, 0.4) is 0 Å². The Hall–Kier alpha value is -3.98. The number of fused-ring (bicyclic) bond motifs is 10. The van der Waals surface area contributed by atoms with Crippen LogP contribution >= 0.6 is 0 Å². The molecule has 14 nitrogen and oxygen atoms in total. The van der Waals surface area contributed by atoms with Crippen LogP contribution < -0.4 is 0 Å². The lowest BCUT2D eigenvalue weighted by molar-refractivity contribution is -0.207. The van der Waals surface area contributed by atoms with Crippen LogP contribution in [-0.2, 0) is 28.5 Å². The van der Waals surface area contributed by atoms with Crippen LogP contribution in [0.2, 0.25) is 0 Å². The van der Waals surface area contributed by atoms with E-state index in [0.717, 1.165) is 51.4 Å². The maximum Gasteiger partial charge on any atom is 0.338 e. The predicted molar refractivity (Wildman–Crippen MR) is 283 cm³/mol. The lowest BCUT2D eigenvalue weighted by atomic mass is 9.43. The molecule has 418 valence electrons. The standard InChI is InChI=1S/C62H88N2O12/c1-33(9-15-53(69)73-7)41-11-13-43-55-45(31-51(67)61(41,43)5)59(3)21-17-39(27-37(59)29-49(55)65)75-57(71)35-19-23-63-47(25-35)48-26-36(20-24-64-48)58(72)76-40-18-22-60(4)38(28-40)30-50(66)56-44-14-12-42(34(2)10-16-54(70)74-8)62(44,6)52(68)32-46(56)60/h19-20,23-26,33-34,37-46,49-52,55-56,65-68H,9-18,21-22,27-32H2,1-8H3/t33-,34-,37+,38+,39-,40-,41-,42-,43+,44+,45+,46+,49-,50-,51+,52+,55+,56+,59+,60+,61-,62-/m1/s1. The summed E-state index contributed by atoms with van der Waals surface area (Å²) in [7, 11) is 2.85. The molecule has 0 radical (unpaired) electrons. The van der Waals surface area contributed by atoms with Gasteiger partial charge in [-0.1, -0.05) is 41.5 Å². The highest BCUT2D eigenvalue weighted by Gasteiger charge is 2.68. The predicted octanol–water partition coefficient (Wildman–Crippen LogP) is 9.57. The molecule has 2 aromatic rings.